The zero-order valence-corrected chi connectivity index (χ0v) is 13.3. The number of amides is 3. The van der Waals surface area contributed by atoms with Gasteiger partial charge in [-0.1, -0.05) is 30.3 Å². The molecule has 1 aliphatic heterocycles. The number of nitrogens with zero attached hydrogens (tertiary/aromatic N) is 2. The molecule has 0 spiro atoms. The summed E-state index contributed by atoms with van der Waals surface area (Å²) in [5, 5.41) is 2.53. The van der Waals surface area contributed by atoms with Gasteiger partial charge in [-0.05, 0) is 12.0 Å². The Morgan fingerprint density at radius 1 is 1.14 bits per heavy atom. The summed E-state index contributed by atoms with van der Waals surface area (Å²) in [6.45, 7) is 3.37. The fourth-order valence-corrected chi connectivity index (χ4v) is 2.37. The highest BCUT2D eigenvalue weighted by atomic mass is 35.5. The monoisotopic (exact) mass is 326 g/mol. The number of rotatable bonds is 8. The molecule has 0 aliphatic carbocycles. The summed E-state index contributed by atoms with van der Waals surface area (Å²) in [6, 6.07) is 9.94. The van der Waals surface area contributed by atoms with E-state index < -0.39 is 0 Å². The summed E-state index contributed by atoms with van der Waals surface area (Å²) in [4.78, 5) is 26.5. The van der Waals surface area contributed by atoms with Crippen molar-refractivity contribution in [1.29, 1.82) is 0 Å². The smallest absolute Gasteiger partial charge is 0.324 e. The molecule has 1 saturated heterocycles. The zero-order chi connectivity index (χ0) is 15.1. The molecule has 1 fully saturated rings. The highest BCUT2D eigenvalue weighted by Crippen LogP contribution is 2.03. The van der Waals surface area contributed by atoms with E-state index in [1.807, 2.05) is 18.2 Å². The van der Waals surface area contributed by atoms with Gasteiger partial charge in [0, 0.05) is 32.7 Å². The standard InChI is InChI=1S/C15H22N4O2.ClH/c16-7-9-18(8-6-13-4-2-1-3-5-13)10-11-19-14(20)12-17-15(19)21;/h1-5H,6-12,16H2,(H,17,21);1H. The van der Waals surface area contributed by atoms with Crippen LogP contribution in [-0.2, 0) is 11.2 Å². The maximum Gasteiger partial charge on any atom is 0.324 e. The largest absolute Gasteiger partial charge is 0.329 e. The van der Waals surface area contributed by atoms with Gasteiger partial charge in [-0.3, -0.25) is 14.6 Å². The summed E-state index contributed by atoms with van der Waals surface area (Å²) in [6.07, 6.45) is 0.932. The van der Waals surface area contributed by atoms with Crippen LogP contribution in [0, 0.1) is 0 Å². The van der Waals surface area contributed by atoms with E-state index in [1.54, 1.807) is 0 Å². The van der Waals surface area contributed by atoms with Crippen LogP contribution in [0.15, 0.2) is 30.3 Å². The number of imide groups is 1. The van der Waals surface area contributed by atoms with Crippen molar-refractivity contribution < 1.29 is 9.59 Å². The van der Waals surface area contributed by atoms with Gasteiger partial charge >= 0.3 is 6.03 Å². The molecule has 0 aromatic heterocycles. The van der Waals surface area contributed by atoms with Crippen molar-refractivity contribution in [3.05, 3.63) is 35.9 Å². The Bertz CT molecular complexity index is 468. The quantitative estimate of drug-likeness (QED) is 0.680. The average molecular weight is 327 g/mol. The SMILES string of the molecule is Cl.NCCN(CCc1ccccc1)CCN1C(=O)CNC1=O. The lowest BCUT2D eigenvalue weighted by atomic mass is 10.1. The first-order valence-corrected chi connectivity index (χ1v) is 7.25. The van der Waals surface area contributed by atoms with Gasteiger partial charge in [0.2, 0.25) is 5.91 Å². The molecule has 7 heteroatoms. The van der Waals surface area contributed by atoms with Crippen molar-refractivity contribution >= 4 is 24.3 Å². The summed E-state index contributed by atoms with van der Waals surface area (Å²) in [7, 11) is 0. The minimum atomic E-state index is -0.296. The number of nitrogens with one attached hydrogen (secondary N) is 1. The molecular weight excluding hydrogens is 304 g/mol. The second-order valence-electron chi connectivity index (χ2n) is 5.07. The zero-order valence-electron chi connectivity index (χ0n) is 12.5. The van der Waals surface area contributed by atoms with Crippen molar-refractivity contribution in [3.8, 4) is 0 Å². The number of halogens is 1. The first kappa shape index (κ1) is 18.4. The maximum atomic E-state index is 11.5. The van der Waals surface area contributed by atoms with Crippen LogP contribution in [0.2, 0.25) is 0 Å². The van der Waals surface area contributed by atoms with Gasteiger partial charge in [-0.2, -0.15) is 0 Å². The van der Waals surface area contributed by atoms with Crippen LogP contribution in [-0.4, -0.2) is 61.0 Å². The fourth-order valence-electron chi connectivity index (χ4n) is 2.37. The molecule has 0 saturated carbocycles. The third kappa shape index (κ3) is 5.29. The molecule has 0 bridgehead atoms. The molecule has 1 aliphatic rings. The molecule has 3 N–H and O–H groups in total. The lowest BCUT2D eigenvalue weighted by Gasteiger charge is -2.23. The molecule has 3 amide bonds. The number of hydrogen-bond donors (Lipinski definition) is 2. The Kier molecular flexibility index (Phi) is 7.87. The lowest BCUT2D eigenvalue weighted by Crippen LogP contribution is -2.41. The second kappa shape index (κ2) is 9.40. The summed E-state index contributed by atoms with van der Waals surface area (Å²) >= 11 is 0. The Hall–Kier alpha value is -1.63. The Labute approximate surface area is 137 Å². The predicted molar refractivity (Wildman–Crippen MR) is 88.0 cm³/mol. The lowest BCUT2D eigenvalue weighted by molar-refractivity contribution is -0.125. The minimum Gasteiger partial charge on any atom is -0.329 e. The van der Waals surface area contributed by atoms with Crippen LogP contribution in [0.3, 0.4) is 0 Å². The summed E-state index contributed by atoms with van der Waals surface area (Å²) < 4.78 is 0. The summed E-state index contributed by atoms with van der Waals surface area (Å²) in [5.74, 6) is -0.157. The van der Waals surface area contributed by atoms with Gasteiger partial charge in [0.1, 0.15) is 0 Å². The van der Waals surface area contributed by atoms with Gasteiger partial charge in [0.25, 0.3) is 0 Å². The van der Waals surface area contributed by atoms with Crippen molar-refractivity contribution in [3.63, 3.8) is 0 Å². The van der Waals surface area contributed by atoms with Gasteiger partial charge in [-0.15, -0.1) is 12.4 Å². The molecule has 2 rings (SSSR count). The summed E-state index contributed by atoms with van der Waals surface area (Å²) in [5.41, 5.74) is 6.91. The van der Waals surface area contributed by atoms with Gasteiger partial charge in [0.15, 0.2) is 0 Å². The van der Waals surface area contributed by atoms with E-state index in [9.17, 15) is 9.59 Å². The van der Waals surface area contributed by atoms with Gasteiger partial charge < -0.3 is 11.1 Å². The van der Waals surface area contributed by atoms with Gasteiger partial charge in [-0.25, -0.2) is 4.79 Å². The van der Waals surface area contributed by atoms with E-state index in [-0.39, 0.29) is 30.9 Å². The average Bonchev–Trinajstić information content (AvgIpc) is 2.82. The molecule has 122 valence electrons. The number of carbonyl (C=O) groups is 2. The normalized spacial score (nSPS) is 14.2. The number of carbonyl (C=O) groups excluding carboxylic acids is 2. The van der Waals surface area contributed by atoms with Crippen LogP contribution in [0.4, 0.5) is 4.79 Å². The third-order valence-corrected chi connectivity index (χ3v) is 3.58. The molecule has 6 nitrogen and oxygen atoms in total. The number of benzene rings is 1. The number of hydrogen-bond acceptors (Lipinski definition) is 4. The topological polar surface area (TPSA) is 78.7 Å². The van der Waals surface area contributed by atoms with Crippen molar-refractivity contribution in [2.45, 2.75) is 6.42 Å². The van der Waals surface area contributed by atoms with Crippen LogP contribution < -0.4 is 11.1 Å². The number of urea groups is 1. The maximum absolute atomic E-state index is 11.5. The third-order valence-electron chi connectivity index (χ3n) is 3.58. The van der Waals surface area contributed by atoms with Crippen molar-refractivity contribution in [2.24, 2.45) is 5.73 Å². The Balaban J connectivity index is 0.00000242. The van der Waals surface area contributed by atoms with E-state index in [0.717, 1.165) is 19.5 Å². The Morgan fingerprint density at radius 2 is 1.86 bits per heavy atom. The highest BCUT2D eigenvalue weighted by Gasteiger charge is 2.28. The van der Waals surface area contributed by atoms with Crippen LogP contribution >= 0.6 is 12.4 Å². The van der Waals surface area contributed by atoms with Crippen molar-refractivity contribution in [1.82, 2.24) is 15.1 Å². The van der Waals surface area contributed by atoms with Crippen LogP contribution in [0.1, 0.15) is 5.56 Å². The molecule has 22 heavy (non-hydrogen) atoms. The van der Waals surface area contributed by atoms with Gasteiger partial charge in [0.05, 0.1) is 6.54 Å². The minimum absolute atomic E-state index is 0. The van der Waals surface area contributed by atoms with Crippen LogP contribution in [0.25, 0.3) is 0 Å². The molecule has 1 heterocycles. The number of nitrogens with two attached hydrogens (primary N) is 1. The first-order chi connectivity index (χ1) is 10.2. The van der Waals surface area contributed by atoms with E-state index in [0.29, 0.717) is 19.6 Å². The second-order valence-corrected chi connectivity index (χ2v) is 5.07. The van der Waals surface area contributed by atoms with Crippen molar-refractivity contribution in [2.75, 3.05) is 39.3 Å². The van der Waals surface area contributed by atoms with E-state index in [4.69, 9.17) is 5.73 Å². The molecule has 1 aromatic rings. The molecule has 0 unspecified atom stereocenters. The molecule has 0 atom stereocenters. The fraction of sp³-hybridized carbons (Fsp3) is 0.467. The molecular formula is C15H23ClN4O2. The molecule has 0 radical (unpaired) electrons. The van der Waals surface area contributed by atoms with E-state index in [2.05, 4.69) is 22.3 Å². The highest BCUT2D eigenvalue weighted by molar-refractivity contribution is 6.01. The predicted octanol–water partition coefficient (Wildman–Crippen LogP) is 0.463. The molecule has 1 aromatic carbocycles. The van der Waals surface area contributed by atoms with E-state index >= 15 is 0 Å². The first-order valence-electron chi connectivity index (χ1n) is 7.25. The van der Waals surface area contributed by atoms with Crippen LogP contribution in [0.5, 0.6) is 0 Å². The van der Waals surface area contributed by atoms with E-state index in [1.165, 1.54) is 10.5 Å². The Morgan fingerprint density at radius 3 is 2.45 bits per heavy atom.